The van der Waals surface area contributed by atoms with E-state index in [2.05, 4.69) is 10.6 Å². The van der Waals surface area contributed by atoms with E-state index in [1.807, 2.05) is 13.0 Å². The van der Waals surface area contributed by atoms with Crippen molar-refractivity contribution >= 4 is 46.7 Å². The van der Waals surface area contributed by atoms with E-state index in [0.29, 0.717) is 16.5 Å². The summed E-state index contributed by atoms with van der Waals surface area (Å²) in [4.78, 5) is 35.7. The van der Waals surface area contributed by atoms with Crippen LogP contribution in [0.5, 0.6) is 5.75 Å². The lowest BCUT2D eigenvalue weighted by molar-refractivity contribution is -0.146. The van der Waals surface area contributed by atoms with E-state index < -0.39 is 30.9 Å². The summed E-state index contributed by atoms with van der Waals surface area (Å²) in [6.45, 7) is 0.963. The lowest BCUT2D eigenvalue weighted by atomic mass is 10.2. The fraction of sp³-hybridized carbons (Fsp3) is 0.211. The van der Waals surface area contributed by atoms with Gasteiger partial charge in [-0.05, 0) is 42.8 Å². The number of carbonyl (C=O) groups excluding carboxylic acids is 3. The van der Waals surface area contributed by atoms with Gasteiger partial charge in [0.05, 0.1) is 22.8 Å². The van der Waals surface area contributed by atoms with Gasteiger partial charge in [-0.25, -0.2) is 0 Å². The topological polar surface area (TPSA) is 93.7 Å². The van der Waals surface area contributed by atoms with Gasteiger partial charge in [-0.2, -0.15) is 0 Å². The highest BCUT2D eigenvalue weighted by atomic mass is 35.5. The first-order valence-electron chi connectivity index (χ1n) is 8.13. The zero-order valence-corrected chi connectivity index (χ0v) is 16.7. The van der Waals surface area contributed by atoms with Crippen LogP contribution in [-0.4, -0.2) is 38.0 Å². The van der Waals surface area contributed by atoms with Gasteiger partial charge in [0.15, 0.2) is 6.61 Å². The van der Waals surface area contributed by atoms with Gasteiger partial charge in [-0.1, -0.05) is 29.3 Å². The Kier molecular flexibility index (Phi) is 7.66. The second-order valence-corrected chi connectivity index (χ2v) is 6.54. The minimum absolute atomic E-state index is 0.222. The summed E-state index contributed by atoms with van der Waals surface area (Å²) in [6.07, 6.45) is 0. The van der Waals surface area contributed by atoms with Crippen LogP contribution in [0.1, 0.15) is 15.9 Å². The molecule has 0 aliphatic heterocycles. The van der Waals surface area contributed by atoms with Crippen molar-refractivity contribution in [3.63, 3.8) is 0 Å². The molecule has 2 N–H and O–H groups in total. The maximum Gasteiger partial charge on any atom is 0.325 e. The van der Waals surface area contributed by atoms with Crippen molar-refractivity contribution in [1.82, 2.24) is 5.32 Å². The predicted molar refractivity (Wildman–Crippen MR) is 106 cm³/mol. The molecule has 28 heavy (non-hydrogen) atoms. The van der Waals surface area contributed by atoms with Crippen molar-refractivity contribution in [3.8, 4) is 5.75 Å². The lowest BCUT2D eigenvalue weighted by Gasteiger charge is -2.11. The smallest absolute Gasteiger partial charge is 0.325 e. The Hall–Kier alpha value is -2.77. The molecule has 2 aromatic carbocycles. The number of aryl methyl sites for hydroxylation is 1. The molecule has 0 atom stereocenters. The minimum atomic E-state index is -0.764. The second-order valence-electron chi connectivity index (χ2n) is 5.72. The van der Waals surface area contributed by atoms with Gasteiger partial charge in [0, 0.05) is 5.56 Å². The third kappa shape index (κ3) is 6.14. The Bertz CT molecular complexity index is 902. The van der Waals surface area contributed by atoms with Crippen LogP contribution in [-0.2, 0) is 14.3 Å². The quantitative estimate of drug-likeness (QED) is 0.665. The van der Waals surface area contributed by atoms with Crippen molar-refractivity contribution < 1.29 is 23.9 Å². The van der Waals surface area contributed by atoms with Crippen LogP contribution < -0.4 is 15.4 Å². The zero-order chi connectivity index (χ0) is 20.7. The highest BCUT2D eigenvalue weighted by Crippen LogP contribution is 2.25. The van der Waals surface area contributed by atoms with Gasteiger partial charge < -0.3 is 20.1 Å². The lowest BCUT2D eigenvalue weighted by Crippen LogP contribution is -2.32. The molecule has 0 aromatic heterocycles. The molecule has 0 spiro atoms. The molecule has 2 aromatic rings. The van der Waals surface area contributed by atoms with E-state index in [1.54, 1.807) is 12.1 Å². The average Bonchev–Trinajstić information content (AvgIpc) is 2.66. The maximum absolute atomic E-state index is 12.0. The Balaban J connectivity index is 1.80. The molecule has 0 saturated heterocycles. The number of amides is 2. The molecular weight excluding hydrogens is 407 g/mol. The molecule has 7 nitrogen and oxygen atoms in total. The third-order valence-electron chi connectivity index (χ3n) is 3.57. The Morgan fingerprint density at radius 3 is 2.46 bits per heavy atom. The molecule has 0 heterocycles. The van der Waals surface area contributed by atoms with Gasteiger partial charge in [0.2, 0.25) is 0 Å². The van der Waals surface area contributed by atoms with Crippen molar-refractivity contribution in [2.75, 3.05) is 25.6 Å². The maximum atomic E-state index is 12.0. The number of rotatable bonds is 7. The monoisotopic (exact) mass is 424 g/mol. The number of esters is 1. The number of methoxy groups -OCH3 is 1. The molecule has 148 valence electrons. The number of benzene rings is 2. The number of hydrogen-bond donors (Lipinski definition) is 2. The van der Waals surface area contributed by atoms with E-state index in [-0.39, 0.29) is 10.6 Å². The van der Waals surface area contributed by atoms with Crippen LogP contribution >= 0.6 is 23.2 Å². The Labute approximate surface area is 171 Å². The summed E-state index contributed by atoms with van der Waals surface area (Å²) in [5.74, 6) is -1.34. The van der Waals surface area contributed by atoms with Crippen LogP contribution in [0.2, 0.25) is 10.0 Å². The van der Waals surface area contributed by atoms with E-state index in [0.717, 1.165) is 5.56 Å². The molecule has 9 heteroatoms. The van der Waals surface area contributed by atoms with E-state index in [9.17, 15) is 14.4 Å². The Morgan fingerprint density at radius 1 is 1.04 bits per heavy atom. The predicted octanol–water partition coefficient (Wildman–Crippen LogP) is 3.22. The molecule has 0 aliphatic carbocycles. The van der Waals surface area contributed by atoms with Crippen molar-refractivity contribution in [3.05, 3.63) is 57.6 Å². The molecule has 0 unspecified atom stereocenters. The van der Waals surface area contributed by atoms with E-state index in [1.165, 1.54) is 25.3 Å². The summed E-state index contributed by atoms with van der Waals surface area (Å²) in [5, 5.41) is 5.52. The van der Waals surface area contributed by atoms with Crippen LogP contribution in [0.3, 0.4) is 0 Å². The summed E-state index contributed by atoms with van der Waals surface area (Å²) in [7, 11) is 1.48. The summed E-state index contributed by atoms with van der Waals surface area (Å²) < 4.78 is 10.0. The van der Waals surface area contributed by atoms with E-state index >= 15 is 0 Å². The molecular formula is C19H18Cl2N2O5. The second kappa shape index (κ2) is 9.96. The summed E-state index contributed by atoms with van der Waals surface area (Å²) in [5.41, 5.74) is 1.64. The van der Waals surface area contributed by atoms with Crippen molar-refractivity contribution in [2.24, 2.45) is 0 Å². The van der Waals surface area contributed by atoms with E-state index in [4.69, 9.17) is 32.7 Å². The first-order valence-corrected chi connectivity index (χ1v) is 8.89. The first-order chi connectivity index (χ1) is 13.3. The third-order valence-corrected chi connectivity index (χ3v) is 4.31. The first kappa shape index (κ1) is 21.5. The highest BCUT2D eigenvalue weighted by Gasteiger charge is 2.13. The normalized spacial score (nSPS) is 10.1. The number of anilines is 1. The zero-order valence-electron chi connectivity index (χ0n) is 15.2. The Morgan fingerprint density at radius 2 is 1.79 bits per heavy atom. The number of carbonyl (C=O) groups is 3. The summed E-state index contributed by atoms with van der Waals surface area (Å²) >= 11 is 11.6. The van der Waals surface area contributed by atoms with Gasteiger partial charge in [0.25, 0.3) is 11.8 Å². The van der Waals surface area contributed by atoms with Gasteiger partial charge in [-0.3, -0.25) is 14.4 Å². The molecule has 2 amide bonds. The van der Waals surface area contributed by atoms with Crippen molar-refractivity contribution in [1.29, 1.82) is 0 Å². The SMILES string of the molecule is COc1ccc(C)cc1NC(=O)COC(=O)CNC(=O)c1ccc(Cl)c(Cl)c1. The van der Waals surface area contributed by atoms with Gasteiger partial charge >= 0.3 is 5.97 Å². The largest absolute Gasteiger partial charge is 0.495 e. The molecule has 0 saturated carbocycles. The summed E-state index contributed by atoms with van der Waals surface area (Å²) in [6, 6.07) is 9.61. The number of halogens is 2. The number of ether oxygens (including phenoxy) is 2. The van der Waals surface area contributed by atoms with Gasteiger partial charge in [0.1, 0.15) is 12.3 Å². The molecule has 0 aliphatic rings. The van der Waals surface area contributed by atoms with Crippen molar-refractivity contribution in [2.45, 2.75) is 6.92 Å². The van der Waals surface area contributed by atoms with Crippen LogP contribution in [0.25, 0.3) is 0 Å². The molecule has 0 bridgehead atoms. The number of hydrogen-bond acceptors (Lipinski definition) is 5. The molecule has 2 rings (SSSR count). The van der Waals surface area contributed by atoms with Crippen LogP contribution in [0.4, 0.5) is 5.69 Å². The number of nitrogens with one attached hydrogen (secondary N) is 2. The standard InChI is InChI=1S/C19H18Cl2N2O5/c1-11-3-6-16(27-2)15(7-11)23-17(24)10-28-18(25)9-22-19(26)12-4-5-13(20)14(21)8-12/h3-8H,9-10H2,1-2H3,(H,22,26)(H,23,24). The molecule has 0 radical (unpaired) electrons. The van der Waals surface area contributed by atoms with Gasteiger partial charge in [-0.15, -0.1) is 0 Å². The average molecular weight is 425 g/mol. The minimum Gasteiger partial charge on any atom is -0.495 e. The highest BCUT2D eigenvalue weighted by molar-refractivity contribution is 6.42. The fourth-order valence-corrected chi connectivity index (χ4v) is 2.49. The van der Waals surface area contributed by atoms with Crippen LogP contribution in [0.15, 0.2) is 36.4 Å². The molecule has 0 fully saturated rings. The van der Waals surface area contributed by atoms with Crippen LogP contribution in [0, 0.1) is 6.92 Å². The fourth-order valence-electron chi connectivity index (χ4n) is 2.19.